The Labute approximate surface area is 346 Å². The number of fused-ring (bicyclic) bond motifs is 2. The number of carbonyl (C=O) groups excluding carboxylic acids is 4. The lowest BCUT2D eigenvalue weighted by Crippen LogP contribution is -2.49. The second-order valence-corrected chi connectivity index (χ2v) is 15.5. The molecule has 0 saturated heterocycles. The fourth-order valence-corrected chi connectivity index (χ4v) is 7.92. The number of benzene rings is 5. The smallest absolute Gasteiger partial charge is 0.251 e. The van der Waals surface area contributed by atoms with Crippen LogP contribution < -0.4 is 20.4 Å². The summed E-state index contributed by atoms with van der Waals surface area (Å²) in [4.78, 5) is 66.9. The summed E-state index contributed by atoms with van der Waals surface area (Å²) in [5.74, 6) is -5.90. The summed E-state index contributed by atoms with van der Waals surface area (Å²) in [5.41, 5.74) is 6.01. The maximum Gasteiger partial charge on any atom is 0.251 e. The zero-order valence-electron chi connectivity index (χ0n) is 31.4. The molecule has 10 nitrogen and oxygen atoms in total. The van der Waals surface area contributed by atoms with Crippen LogP contribution in [0.25, 0.3) is 20.4 Å². The Morgan fingerprint density at radius 1 is 0.610 bits per heavy atom. The maximum atomic E-state index is 14.2. The first-order valence-corrected chi connectivity index (χ1v) is 19.9. The normalized spacial score (nSPS) is 12.2. The van der Waals surface area contributed by atoms with E-state index in [0.717, 1.165) is 39.7 Å². The standard InChI is InChI=1S/C43H34F4N6O4S2.2H2/c1-52(32-7-10-38-35(20-32)48-22-58-38)42(56)34(9-6-24-12-28(44)18-29(45)13-24)50-40(54)26-4-3-5-27(17-26)41(55)51-37(16-25-14-30(46)19-31(47)15-25)43(57)53(2)33-8-11-39-36(21-33)49-23-59-39;;/h3-5,7-8,10-15,17-23,34,37H,6,9,16H2,1-2H3,(H,50,54)(H,51,55);2*1H/t34-,37-;;/m0../s1. The SMILES string of the molecule is CN(C(=O)[C@H](CCc1cc(F)cc(F)c1)NC(=O)c1cccc(C(=O)N[C@@H](Cc2cc(F)cc(F)c2)C(=O)N(C)c2ccc3scnc3c2)c1)c1ccc2scnc2c1.[HH].[HH]. The van der Waals surface area contributed by atoms with Crippen LogP contribution >= 0.6 is 22.7 Å². The molecule has 0 bridgehead atoms. The van der Waals surface area contributed by atoms with Crippen molar-refractivity contribution in [2.75, 3.05) is 23.9 Å². The van der Waals surface area contributed by atoms with Gasteiger partial charge < -0.3 is 20.4 Å². The van der Waals surface area contributed by atoms with Crippen molar-refractivity contribution >= 4 is 78.1 Å². The average Bonchev–Trinajstić information content (AvgIpc) is 3.89. The Balaban J connectivity index is 0.00000352. The van der Waals surface area contributed by atoms with Gasteiger partial charge >= 0.3 is 0 Å². The first-order valence-electron chi connectivity index (χ1n) is 18.1. The molecule has 16 heteroatoms. The average molecular weight is 843 g/mol. The third-order valence-corrected chi connectivity index (χ3v) is 11.3. The van der Waals surface area contributed by atoms with Gasteiger partial charge in [0.05, 0.1) is 31.5 Å². The van der Waals surface area contributed by atoms with Gasteiger partial charge in [0.1, 0.15) is 35.4 Å². The zero-order valence-corrected chi connectivity index (χ0v) is 33.1. The van der Waals surface area contributed by atoms with Crippen molar-refractivity contribution in [3.8, 4) is 0 Å². The number of halogens is 4. The van der Waals surface area contributed by atoms with Gasteiger partial charge in [0.2, 0.25) is 11.8 Å². The van der Waals surface area contributed by atoms with E-state index in [1.807, 2.05) is 6.07 Å². The highest BCUT2D eigenvalue weighted by molar-refractivity contribution is 7.17. The molecule has 0 aliphatic rings. The Morgan fingerprint density at radius 2 is 1.07 bits per heavy atom. The quantitative estimate of drug-likeness (QED) is 0.113. The van der Waals surface area contributed by atoms with E-state index >= 15 is 0 Å². The van der Waals surface area contributed by atoms with Crippen molar-refractivity contribution in [3.63, 3.8) is 0 Å². The van der Waals surface area contributed by atoms with Crippen molar-refractivity contribution in [2.45, 2.75) is 31.3 Å². The molecule has 4 amide bonds. The fraction of sp³-hybridized carbons (Fsp3) is 0.163. The number of nitrogens with one attached hydrogen (secondary N) is 2. The summed E-state index contributed by atoms with van der Waals surface area (Å²) in [6, 6.07) is 19.4. The lowest BCUT2D eigenvalue weighted by molar-refractivity contribution is -0.120. The van der Waals surface area contributed by atoms with Gasteiger partial charge in [-0.2, -0.15) is 0 Å². The van der Waals surface area contributed by atoms with Crippen LogP contribution in [0.4, 0.5) is 28.9 Å². The van der Waals surface area contributed by atoms with Crippen LogP contribution in [0.2, 0.25) is 0 Å². The summed E-state index contributed by atoms with van der Waals surface area (Å²) in [7, 11) is 3.04. The predicted molar refractivity (Wildman–Crippen MR) is 224 cm³/mol. The van der Waals surface area contributed by atoms with Gasteiger partial charge in [0.25, 0.3) is 11.8 Å². The summed E-state index contributed by atoms with van der Waals surface area (Å²) in [5, 5.41) is 5.40. The predicted octanol–water partition coefficient (Wildman–Crippen LogP) is 8.35. The van der Waals surface area contributed by atoms with Gasteiger partial charge in [-0.25, -0.2) is 27.5 Å². The Bertz CT molecular complexity index is 2700. The third kappa shape index (κ3) is 9.62. The molecule has 0 saturated carbocycles. The molecule has 2 N–H and O–H groups in total. The number of hydrogen-bond acceptors (Lipinski definition) is 8. The molecule has 0 aliphatic carbocycles. The van der Waals surface area contributed by atoms with Crippen LogP contribution in [-0.2, 0) is 22.4 Å². The Kier molecular flexibility index (Phi) is 12.1. The second kappa shape index (κ2) is 17.5. The van der Waals surface area contributed by atoms with E-state index < -0.39 is 59.0 Å². The van der Waals surface area contributed by atoms with Crippen molar-refractivity contribution in [2.24, 2.45) is 0 Å². The van der Waals surface area contributed by atoms with Crippen molar-refractivity contribution in [1.29, 1.82) is 0 Å². The molecule has 0 unspecified atom stereocenters. The molecule has 0 spiro atoms. The van der Waals surface area contributed by atoms with E-state index in [4.69, 9.17) is 0 Å². The molecule has 7 rings (SSSR count). The zero-order chi connectivity index (χ0) is 41.8. The van der Waals surface area contributed by atoms with Crippen molar-refractivity contribution < 1.29 is 39.6 Å². The third-order valence-electron chi connectivity index (χ3n) is 9.66. The molecule has 2 aromatic heterocycles. The van der Waals surface area contributed by atoms with Crippen LogP contribution in [0.15, 0.2) is 108 Å². The molecule has 5 aromatic carbocycles. The monoisotopic (exact) mass is 842 g/mol. The largest absolute Gasteiger partial charge is 0.340 e. The number of likely N-dealkylation sites (N-methyl/N-ethyl adjacent to an activating group) is 2. The van der Waals surface area contributed by atoms with Crippen LogP contribution in [0.5, 0.6) is 0 Å². The number of amides is 4. The number of thiazole rings is 2. The highest BCUT2D eigenvalue weighted by atomic mass is 32.1. The molecule has 0 aliphatic heterocycles. The number of nitrogens with zero attached hydrogens (tertiary/aromatic N) is 4. The van der Waals surface area contributed by atoms with Gasteiger partial charge in [-0.3, -0.25) is 19.2 Å². The van der Waals surface area contributed by atoms with Crippen molar-refractivity contribution in [3.05, 3.63) is 154 Å². The first-order chi connectivity index (χ1) is 28.3. The highest BCUT2D eigenvalue weighted by Gasteiger charge is 2.29. The number of aryl methyl sites for hydroxylation is 1. The van der Waals surface area contributed by atoms with Gasteiger partial charge in [-0.1, -0.05) is 6.07 Å². The minimum atomic E-state index is -1.31. The molecule has 59 heavy (non-hydrogen) atoms. The lowest BCUT2D eigenvalue weighted by Gasteiger charge is -2.25. The fourth-order valence-electron chi connectivity index (χ4n) is 6.60. The minimum Gasteiger partial charge on any atom is -0.340 e. The van der Waals surface area contributed by atoms with E-state index in [2.05, 4.69) is 20.6 Å². The summed E-state index contributed by atoms with van der Waals surface area (Å²) in [6.07, 6.45) is -0.279. The van der Waals surface area contributed by atoms with Gasteiger partial charge in [0.15, 0.2) is 0 Å². The van der Waals surface area contributed by atoms with Crippen LogP contribution in [0, 0.1) is 23.3 Å². The van der Waals surface area contributed by atoms with Gasteiger partial charge in [-0.15, -0.1) is 22.7 Å². The van der Waals surface area contributed by atoms with Crippen LogP contribution in [0.3, 0.4) is 0 Å². The number of rotatable bonds is 13. The highest BCUT2D eigenvalue weighted by Crippen LogP contribution is 2.26. The summed E-state index contributed by atoms with van der Waals surface area (Å²) in [6.45, 7) is 0. The lowest BCUT2D eigenvalue weighted by atomic mass is 10.0. The molecule has 0 radical (unpaired) electrons. The van der Waals surface area contributed by atoms with Gasteiger partial charge in [-0.05, 0) is 103 Å². The van der Waals surface area contributed by atoms with Crippen LogP contribution in [-0.4, -0.2) is 59.8 Å². The molecular formula is C43H38F4N6O4S2. The Morgan fingerprint density at radius 3 is 1.58 bits per heavy atom. The molecule has 7 aromatic rings. The van der Waals surface area contributed by atoms with E-state index in [0.29, 0.717) is 28.5 Å². The van der Waals surface area contributed by atoms with Crippen LogP contribution in [0.1, 0.15) is 41.1 Å². The second-order valence-electron chi connectivity index (χ2n) is 13.7. The first kappa shape index (κ1) is 40.7. The molecule has 2 heterocycles. The van der Waals surface area contributed by atoms with E-state index in [1.54, 1.807) is 41.4 Å². The molecule has 0 fully saturated rings. The van der Waals surface area contributed by atoms with E-state index in [1.165, 1.54) is 70.8 Å². The Hall–Kier alpha value is -6.52. The number of carbonyl (C=O) groups is 4. The van der Waals surface area contributed by atoms with E-state index in [9.17, 15) is 36.7 Å². The van der Waals surface area contributed by atoms with Crippen molar-refractivity contribution in [1.82, 2.24) is 20.6 Å². The number of hydrogen-bond donors (Lipinski definition) is 2. The summed E-state index contributed by atoms with van der Waals surface area (Å²) >= 11 is 2.86. The molecule has 2 atom stereocenters. The minimum absolute atomic E-state index is 0. The molecule has 304 valence electrons. The number of anilines is 2. The summed E-state index contributed by atoms with van der Waals surface area (Å²) < 4.78 is 58.4. The van der Waals surface area contributed by atoms with Gasteiger partial charge in [0, 0.05) is 58.0 Å². The molecular weight excluding hydrogens is 805 g/mol. The maximum absolute atomic E-state index is 14.2. The van der Waals surface area contributed by atoms with E-state index in [-0.39, 0.29) is 44.4 Å². The topological polar surface area (TPSA) is 125 Å². The number of aromatic nitrogens is 2.